The van der Waals surface area contributed by atoms with Gasteiger partial charge in [0.2, 0.25) is 0 Å². The van der Waals surface area contributed by atoms with Crippen LogP contribution in [0.25, 0.3) is 17.1 Å². The Hall–Kier alpha value is -3.15. The average molecular weight is 425 g/mol. The third-order valence-corrected chi connectivity index (χ3v) is 5.46. The molecule has 0 spiro atoms. The van der Waals surface area contributed by atoms with Gasteiger partial charge in [-0.2, -0.15) is 0 Å². The molecule has 3 rings (SSSR count). The van der Waals surface area contributed by atoms with E-state index < -0.39 is 11.6 Å². The molecule has 1 aromatic carbocycles. The first kappa shape index (κ1) is 22.5. The van der Waals surface area contributed by atoms with E-state index in [-0.39, 0.29) is 5.69 Å². The van der Waals surface area contributed by atoms with Crippen LogP contribution in [0.4, 0.5) is 20.2 Å². The van der Waals surface area contributed by atoms with Gasteiger partial charge in [-0.05, 0) is 43.2 Å². The smallest absolute Gasteiger partial charge is 0.157 e. The predicted octanol–water partition coefficient (Wildman–Crippen LogP) is 6.39. The summed E-state index contributed by atoms with van der Waals surface area (Å²) in [6, 6.07) is 3.54. The van der Waals surface area contributed by atoms with Gasteiger partial charge >= 0.3 is 0 Å². The molecule has 0 fully saturated rings. The van der Waals surface area contributed by atoms with E-state index in [0.29, 0.717) is 29.7 Å². The highest BCUT2D eigenvalue weighted by Gasteiger charge is 2.24. The Bertz CT molecular complexity index is 1110. The van der Waals surface area contributed by atoms with E-state index in [4.69, 9.17) is 0 Å². The lowest BCUT2D eigenvalue weighted by Gasteiger charge is -2.26. The number of H-pyrrole nitrogens is 1. The summed E-state index contributed by atoms with van der Waals surface area (Å²) in [5.74, 6) is -1.16. The number of allylic oxidation sites excluding steroid dienone is 1. The maximum absolute atomic E-state index is 15.4. The standard InChI is InChI=1S/C25H30F2N4/c1-6-10-11-28-14-18-15-29-25-20(13-19(9-4)30-25)23(18)31(5)24-21(26)16(7-2)12-17(8-3)22(24)27/h7,10-13,15,28H,2,6,8-9,14H2,1,3-5H3,(H,29,30)/b11-10+. The number of rotatable bonds is 9. The molecule has 4 nitrogen and oxygen atoms in total. The van der Waals surface area contributed by atoms with Crippen LogP contribution < -0.4 is 10.2 Å². The Morgan fingerprint density at radius 1 is 1.10 bits per heavy atom. The van der Waals surface area contributed by atoms with Crippen LogP contribution >= 0.6 is 0 Å². The van der Waals surface area contributed by atoms with Gasteiger partial charge in [-0.1, -0.05) is 39.5 Å². The number of nitrogens with one attached hydrogen (secondary N) is 2. The van der Waals surface area contributed by atoms with Crippen LogP contribution in [-0.4, -0.2) is 17.0 Å². The first-order valence-corrected chi connectivity index (χ1v) is 10.7. The minimum atomic E-state index is -0.617. The summed E-state index contributed by atoms with van der Waals surface area (Å²) in [6.07, 6.45) is 9.26. The fourth-order valence-electron chi connectivity index (χ4n) is 3.75. The monoisotopic (exact) mass is 424 g/mol. The van der Waals surface area contributed by atoms with Crippen molar-refractivity contribution in [3.05, 3.63) is 71.2 Å². The van der Waals surface area contributed by atoms with E-state index in [1.165, 1.54) is 12.1 Å². The minimum Gasteiger partial charge on any atom is -0.387 e. The molecule has 164 valence electrons. The maximum Gasteiger partial charge on any atom is 0.157 e. The molecule has 31 heavy (non-hydrogen) atoms. The van der Waals surface area contributed by atoms with Gasteiger partial charge in [0.05, 0.1) is 5.69 Å². The predicted molar refractivity (Wildman–Crippen MR) is 126 cm³/mol. The molecule has 0 saturated carbocycles. The van der Waals surface area contributed by atoms with Crippen molar-refractivity contribution in [1.82, 2.24) is 15.3 Å². The van der Waals surface area contributed by atoms with Crippen LogP contribution in [0.5, 0.6) is 0 Å². The molecule has 0 atom stereocenters. The zero-order valence-corrected chi connectivity index (χ0v) is 18.6. The van der Waals surface area contributed by atoms with Crippen LogP contribution in [-0.2, 0) is 19.4 Å². The molecule has 2 N–H and O–H groups in total. The number of hydrogen-bond acceptors (Lipinski definition) is 3. The number of aryl methyl sites for hydroxylation is 2. The van der Waals surface area contributed by atoms with Crippen LogP contribution in [0.2, 0.25) is 0 Å². The van der Waals surface area contributed by atoms with Crippen LogP contribution in [0.15, 0.2) is 37.2 Å². The van der Waals surface area contributed by atoms with Gasteiger partial charge in [-0.15, -0.1) is 0 Å². The number of benzene rings is 1. The largest absolute Gasteiger partial charge is 0.387 e. The summed E-state index contributed by atoms with van der Waals surface area (Å²) in [5.41, 5.74) is 3.95. The highest BCUT2D eigenvalue weighted by molar-refractivity contribution is 5.95. The first-order valence-electron chi connectivity index (χ1n) is 10.7. The van der Waals surface area contributed by atoms with Crippen molar-refractivity contribution in [2.45, 2.75) is 46.6 Å². The molecule has 0 radical (unpaired) electrons. The lowest BCUT2D eigenvalue weighted by molar-refractivity contribution is 0.573. The van der Waals surface area contributed by atoms with Gasteiger partial charge in [0.15, 0.2) is 11.6 Å². The summed E-state index contributed by atoms with van der Waals surface area (Å²) in [7, 11) is 1.70. The number of halogens is 2. The second kappa shape index (κ2) is 9.77. The summed E-state index contributed by atoms with van der Waals surface area (Å²) in [4.78, 5) is 9.45. The highest BCUT2D eigenvalue weighted by atomic mass is 19.1. The van der Waals surface area contributed by atoms with Crippen molar-refractivity contribution in [2.24, 2.45) is 0 Å². The van der Waals surface area contributed by atoms with Crippen LogP contribution in [0.1, 0.15) is 49.6 Å². The second-order valence-corrected chi connectivity index (χ2v) is 7.45. The van der Waals surface area contributed by atoms with Gasteiger partial charge in [-0.25, -0.2) is 13.8 Å². The van der Waals surface area contributed by atoms with Crippen LogP contribution in [0, 0.1) is 11.6 Å². The molecule has 6 heteroatoms. The van der Waals surface area contributed by atoms with Crippen LogP contribution in [0.3, 0.4) is 0 Å². The second-order valence-electron chi connectivity index (χ2n) is 7.45. The Kier molecular flexibility index (Phi) is 7.10. The fourth-order valence-corrected chi connectivity index (χ4v) is 3.75. The molecule has 0 bridgehead atoms. The zero-order valence-electron chi connectivity index (χ0n) is 18.6. The Morgan fingerprint density at radius 3 is 2.52 bits per heavy atom. The molecule has 0 aliphatic heterocycles. The number of nitrogens with zero attached hydrogens (tertiary/aromatic N) is 2. The van der Waals surface area contributed by atoms with Crippen molar-refractivity contribution < 1.29 is 8.78 Å². The normalized spacial score (nSPS) is 11.4. The van der Waals surface area contributed by atoms with E-state index in [1.54, 1.807) is 18.1 Å². The maximum atomic E-state index is 15.4. The number of fused-ring (bicyclic) bond motifs is 1. The summed E-state index contributed by atoms with van der Waals surface area (Å²) >= 11 is 0. The number of pyridine rings is 1. The number of hydrogen-bond donors (Lipinski definition) is 2. The minimum absolute atomic E-state index is 0.0775. The number of aromatic amines is 1. The molecular weight excluding hydrogens is 394 g/mol. The van der Waals surface area contributed by atoms with Crippen molar-refractivity contribution in [2.75, 3.05) is 11.9 Å². The molecular formula is C25H30F2N4. The fraction of sp³-hybridized carbons (Fsp3) is 0.320. The Balaban J connectivity index is 2.23. The zero-order chi connectivity index (χ0) is 22.5. The van der Waals surface area contributed by atoms with Crippen molar-refractivity contribution >= 4 is 28.5 Å². The average Bonchev–Trinajstić information content (AvgIpc) is 3.20. The number of anilines is 2. The van der Waals surface area contributed by atoms with Gasteiger partial charge in [0.25, 0.3) is 0 Å². The van der Waals surface area contributed by atoms with E-state index >= 15 is 8.78 Å². The van der Waals surface area contributed by atoms with E-state index in [1.807, 2.05) is 32.2 Å². The molecule has 2 heterocycles. The third kappa shape index (κ3) is 4.33. The SMILES string of the molecule is C=Cc1cc(CC)c(F)c(N(C)c2c(CN/C=C/CC)cnc3[nH]c(CC)cc23)c1F. The van der Waals surface area contributed by atoms with Crippen molar-refractivity contribution in [3.8, 4) is 0 Å². The third-order valence-electron chi connectivity index (χ3n) is 5.46. The van der Waals surface area contributed by atoms with Crippen molar-refractivity contribution in [1.29, 1.82) is 0 Å². The van der Waals surface area contributed by atoms with E-state index in [2.05, 4.69) is 28.8 Å². The topological polar surface area (TPSA) is 44.0 Å². The summed E-state index contributed by atoms with van der Waals surface area (Å²) in [6.45, 7) is 10.1. The quantitative estimate of drug-likeness (QED) is 0.418. The van der Waals surface area contributed by atoms with E-state index in [9.17, 15) is 0 Å². The molecule has 0 aliphatic carbocycles. The number of aromatic nitrogens is 2. The molecule has 0 amide bonds. The van der Waals surface area contributed by atoms with Crippen molar-refractivity contribution in [3.63, 3.8) is 0 Å². The lowest BCUT2D eigenvalue weighted by Crippen LogP contribution is -2.19. The lowest BCUT2D eigenvalue weighted by atomic mass is 10.0. The van der Waals surface area contributed by atoms with Gasteiger partial charge < -0.3 is 15.2 Å². The van der Waals surface area contributed by atoms with Gasteiger partial charge in [0.1, 0.15) is 11.3 Å². The molecule has 0 saturated heterocycles. The first-order chi connectivity index (χ1) is 15.0. The Morgan fingerprint density at radius 2 is 1.87 bits per heavy atom. The molecule has 0 aliphatic rings. The molecule has 0 unspecified atom stereocenters. The van der Waals surface area contributed by atoms with Gasteiger partial charge in [0, 0.05) is 42.0 Å². The van der Waals surface area contributed by atoms with Gasteiger partial charge in [-0.3, -0.25) is 0 Å². The molecule has 3 aromatic rings. The summed E-state index contributed by atoms with van der Waals surface area (Å²) < 4.78 is 30.7. The summed E-state index contributed by atoms with van der Waals surface area (Å²) in [5, 5.41) is 4.08. The Labute approximate surface area is 182 Å². The molecule has 2 aromatic heterocycles. The highest BCUT2D eigenvalue weighted by Crippen LogP contribution is 2.38. The van der Waals surface area contributed by atoms with E-state index in [0.717, 1.165) is 35.2 Å².